The zero-order chi connectivity index (χ0) is 14.4. The maximum absolute atomic E-state index is 12.3. The lowest BCUT2D eigenvalue weighted by molar-refractivity contribution is -0.135. The van der Waals surface area contributed by atoms with Crippen LogP contribution in [0.15, 0.2) is 30.3 Å². The summed E-state index contributed by atoms with van der Waals surface area (Å²) < 4.78 is 0. The third kappa shape index (κ3) is 3.60. The van der Waals surface area contributed by atoms with Gasteiger partial charge in [-0.1, -0.05) is 36.3 Å². The molecule has 4 nitrogen and oxygen atoms in total. The second kappa shape index (κ2) is 7.09. The molecule has 0 saturated carbocycles. The number of terminal acetylenes is 1. The minimum Gasteiger partial charge on any atom is -0.332 e. The minimum absolute atomic E-state index is 0.113. The lowest BCUT2D eigenvalue weighted by Gasteiger charge is -2.40. The highest BCUT2D eigenvalue weighted by Gasteiger charge is 2.29. The lowest BCUT2D eigenvalue weighted by atomic mass is 10.0. The number of rotatable bonds is 4. The largest absolute Gasteiger partial charge is 0.332 e. The smallest absolute Gasteiger partial charge is 0.237 e. The first-order valence-corrected chi connectivity index (χ1v) is 6.89. The van der Waals surface area contributed by atoms with Crippen molar-refractivity contribution in [1.29, 1.82) is 0 Å². The summed E-state index contributed by atoms with van der Waals surface area (Å²) in [5.41, 5.74) is 1.18. The van der Waals surface area contributed by atoms with E-state index in [4.69, 9.17) is 6.42 Å². The molecule has 4 heteroatoms. The van der Waals surface area contributed by atoms with E-state index in [1.165, 1.54) is 5.56 Å². The molecule has 1 aromatic rings. The quantitative estimate of drug-likeness (QED) is 0.647. The Morgan fingerprint density at radius 2 is 2.15 bits per heavy atom. The van der Waals surface area contributed by atoms with Crippen molar-refractivity contribution >= 4 is 5.91 Å². The zero-order valence-corrected chi connectivity index (χ0v) is 11.9. The van der Waals surface area contributed by atoms with Crippen LogP contribution in [0.3, 0.4) is 0 Å². The van der Waals surface area contributed by atoms with Gasteiger partial charge in [-0.2, -0.15) is 0 Å². The van der Waals surface area contributed by atoms with E-state index in [0.717, 1.165) is 19.6 Å². The zero-order valence-electron chi connectivity index (χ0n) is 11.9. The molecule has 1 saturated heterocycles. The number of amides is 1. The van der Waals surface area contributed by atoms with Crippen molar-refractivity contribution < 1.29 is 4.79 Å². The summed E-state index contributed by atoms with van der Waals surface area (Å²) in [5.74, 6) is 2.60. The number of benzene rings is 1. The maximum Gasteiger partial charge on any atom is 0.237 e. The van der Waals surface area contributed by atoms with Crippen LogP contribution >= 0.6 is 0 Å². The average molecular weight is 271 g/mol. The van der Waals surface area contributed by atoms with Crippen LogP contribution in [-0.2, 0) is 4.79 Å². The molecular weight excluding hydrogens is 250 g/mol. The van der Waals surface area contributed by atoms with Gasteiger partial charge in [0.05, 0.1) is 19.1 Å². The molecule has 0 bridgehead atoms. The van der Waals surface area contributed by atoms with Crippen LogP contribution in [0.4, 0.5) is 0 Å². The lowest BCUT2D eigenvalue weighted by Crippen LogP contribution is -2.51. The van der Waals surface area contributed by atoms with Gasteiger partial charge >= 0.3 is 0 Å². The topological polar surface area (TPSA) is 35.6 Å². The van der Waals surface area contributed by atoms with Gasteiger partial charge in [-0.3, -0.25) is 10.1 Å². The standard InChI is InChI=1S/C16H21N3O/c1-3-9-17-12-16(20)19-11-10-18(2)13-15(19)14-7-5-4-6-8-14/h1,4-8,15,17H,9-13H2,2H3. The fraction of sp³-hybridized carbons (Fsp3) is 0.438. The van der Waals surface area contributed by atoms with E-state index in [1.807, 2.05) is 23.1 Å². The molecule has 1 atom stereocenters. The molecule has 1 aliphatic rings. The molecular formula is C16H21N3O. The minimum atomic E-state index is 0.113. The van der Waals surface area contributed by atoms with E-state index in [1.54, 1.807) is 0 Å². The number of piperazine rings is 1. The van der Waals surface area contributed by atoms with E-state index in [-0.39, 0.29) is 11.9 Å². The van der Waals surface area contributed by atoms with E-state index < -0.39 is 0 Å². The normalized spacial score (nSPS) is 19.6. The summed E-state index contributed by atoms with van der Waals surface area (Å²) >= 11 is 0. The molecule has 0 aromatic heterocycles. The third-order valence-corrected chi connectivity index (χ3v) is 3.59. The monoisotopic (exact) mass is 271 g/mol. The van der Waals surface area contributed by atoms with Crippen LogP contribution in [0.5, 0.6) is 0 Å². The Morgan fingerprint density at radius 1 is 1.40 bits per heavy atom. The second-order valence-electron chi connectivity index (χ2n) is 5.08. The van der Waals surface area contributed by atoms with Gasteiger partial charge in [-0.15, -0.1) is 6.42 Å². The van der Waals surface area contributed by atoms with Gasteiger partial charge in [-0.25, -0.2) is 0 Å². The van der Waals surface area contributed by atoms with Gasteiger partial charge in [0, 0.05) is 19.6 Å². The molecule has 0 radical (unpaired) electrons. The van der Waals surface area contributed by atoms with Gasteiger partial charge in [0.1, 0.15) is 0 Å². The summed E-state index contributed by atoms with van der Waals surface area (Å²) in [7, 11) is 2.09. The van der Waals surface area contributed by atoms with Gasteiger partial charge in [-0.05, 0) is 12.6 Å². The molecule has 1 heterocycles. The first-order chi connectivity index (χ1) is 9.72. The molecule has 1 aromatic carbocycles. The Kier molecular flexibility index (Phi) is 5.16. The number of hydrogen-bond acceptors (Lipinski definition) is 3. The number of hydrogen-bond donors (Lipinski definition) is 1. The summed E-state index contributed by atoms with van der Waals surface area (Å²) in [5, 5.41) is 2.97. The highest BCUT2D eigenvalue weighted by molar-refractivity contribution is 5.79. The van der Waals surface area contributed by atoms with E-state index in [2.05, 4.69) is 35.3 Å². The molecule has 1 N–H and O–H groups in total. The van der Waals surface area contributed by atoms with E-state index in [0.29, 0.717) is 13.1 Å². The Labute approximate surface area is 120 Å². The Hall–Kier alpha value is -1.83. The third-order valence-electron chi connectivity index (χ3n) is 3.59. The summed E-state index contributed by atoms with van der Waals surface area (Å²) in [6.45, 7) is 3.26. The van der Waals surface area contributed by atoms with E-state index in [9.17, 15) is 4.79 Å². The van der Waals surface area contributed by atoms with Crippen molar-refractivity contribution in [3.05, 3.63) is 35.9 Å². The first-order valence-electron chi connectivity index (χ1n) is 6.89. The van der Waals surface area contributed by atoms with Gasteiger partial charge in [0.25, 0.3) is 0 Å². The van der Waals surface area contributed by atoms with Crippen LogP contribution in [0.1, 0.15) is 11.6 Å². The SMILES string of the molecule is C#CCNCC(=O)N1CCN(C)CC1c1ccccc1. The van der Waals surface area contributed by atoms with Gasteiger partial charge in [0.2, 0.25) is 5.91 Å². The second-order valence-corrected chi connectivity index (χ2v) is 5.08. The molecule has 1 unspecified atom stereocenters. The van der Waals surface area contributed by atoms with Crippen molar-refractivity contribution in [3.63, 3.8) is 0 Å². The van der Waals surface area contributed by atoms with Crippen molar-refractivity contribution in [2.45, 2.75) is 6.04 Å². The maximum atomic E-state index is 12.3. The number of carbonyl (C=O) groups is 1. The summed E-state index contributed by atoms with van der Waals surface area (Å²) in [4.78, 5) is 16.6. The highest BCUT2D eigenvalue weighted by atomic mass is 16.2. The van der Waals surface area contributed by atoms with Crippen LogP contribution < -0.4 is 5.32 Å². The summed E-state index contributed by atoms with van der Waals surface area (Å²) in [6.07, 6.45) is 5.19. The van der Waals surface area contributed by atoms with Crippen molar-refractivity contribution in [2.75, 3.05) is 39.8 Å². The molecule has 106 valence electrons. The predicted molar refractivity (Wildman–Crippen MR) is 80.1 cm³/mol. The highest BCUT2D eigenvalue weighted by Crippen LogP contribution is 2.24. The Bertz CT molecular complexity index is 480. The van der Waals surface area contributed by atoms with E-state index >= 15 is 0 Å². The number of likely N-dealkylation sites (N-methyl/N-ethyl adjacent to an activating group) is 1. The van der Waals surface area contributed by atoms with Crippen molar-refractivity contribution in [3.8, 4) is 12.3 Å². The molecule has 1 fully saturated rings. The fourth-order valence-electron chi connectivity index (χ4n) is 2.52. The molecule has 1 amide bonds. The van der Waals surface area contributed by atoms with Crippen molar-refractivity contribution in [2.24, 2.45) is 0 Å². The molecule has 1 aliphatic heterocycles. The number of nitrogens with one attached hydrogen (secondary N) is 1. The number of carbonyl (C=O) groups excluding carboxylic acids is 1. The number of nitrogens with zero attached hydrogens (tertiary/aromatic N) is 2. The van der Waals surface area contributed by atoms with Gasteiger partial charge < -0.3 is 9.80 Å². The average Bonchev–Trinajstić information content (AvgIpc) is 2.48. The fourth-order valence-corrected chi connectivity index (χ4v) is 2.52. The predicted octanol–water partition coefficient (Wildman–Crippen LogP) is 0.725. The van der Waals surface area contributed by atoms with Crippen LogP contribution in [0.2, 0.25) is 0 Å². The molecule has 0 spiro atoms. The molecule has 0 aliphatic carbocycles. The van der Waals surface area contributed by atoms with Crippen molar-refractivity contribution in [1.82, 2.24) is 15.1 Å². The Morgan fingerprint density at radius 3 is 2.85 bits per heavy atom. The van der Waals surface area contributed by atoms with Crippen LogP contribution in [-0.4, -0.2) is 55.5 Å². The Balaban J connectivity index is 2.08. The summed E-state index contributed by atoms with van der Waals surface area (Å²) in [6, 6.07) is 10.3. The van der Waals surface area contributed by atoms with Crippen LogP contribution in [0, 0.1) is 12.3 Å². The first kappa shape index (κ1) is 14.6. The molecule has 2 rings (SSSR count). The van der Waals surface area contributed by atoms with Gasteiger partial charge in [0.15, 0.2) is 0 Å². The van der Waals surface area contributed by atoms with Crippen LogP contribution in [0.25, 0.3) is 0 Å². The molecule has 20 heavy (non-hydrogen) atoms.